The van der Waals surface area contributed by atoms with Crippen molar-refractivity contribution in [1.29, 1.82) is 0 Å². The van der Waals surface area contributed by atoms with E-state index in [1.165, 1.54) is 5.56 Å². The molecule has 1 atom stereocenters. The molecular formula is C16H22N2OS. The number of hydrogen-bond acceptors (Lipinski definition) is 4. The second kappa shape index (κ2) is 6.48. The van der Waals surface area contributed by atoms with E-state index >= 15 is 0 Å². The molecule has 1 aromatic heterocycles. The summed E-state index contributed by atoms with van der Waals surface area (Å²) >= 11 is 1.68. The topological polar surface area (TPSA) is 36.4 Å². The molecule has 0 saturated heterocycles. The van der Waals surface area contributed by atoms with Crippen LogP contribution in [0, 0.1) is 6.92 Å². The molecule has 1 unspecified atom stereocenters. The number of thiazole rings is 1. The van der Waals surface area contributed by atoms with Crippen LogP contribution in [-0.4, -0.2) is 35.2 Å². The zero-order valence-corrected chi connectivity index (χ0v) is 13.2. The molecule has 1 heterocycles. The van der Waals surface area contributed by atoms with Gasteiger partial charge in [-0.05, 0) is 19.5 Å². The molecule has 108 valence electrons. The third-order valence-electron chi connectivity index (χ3n) is 3.54. The van der Waals surface area contributed by atoms with Gasteiger partial charge in [0.1, 0.15) is 0 Å². The molecule has 0 amide bonds. The summed E-state index contributed by atoms with van der Waals surface area (Å²) in [6.45, 7) is 5.87. The lowest BCUT2D eigenvalue weighted by Gasteiger charge is -2.32. The first-order valence-corrected chi connectivity index (χ1v) is 7.67. The minimum atomic E-state index is -0.249. The number of aliphatic hydroxyl groups is 1. The first kappa shape index (κ1) is 15.2. The average Bonchev–Trinajstić information content (AvgIpc) is 2.84. The van der Waals surface area contributed by atoms with Crippen LogP contribution in [0.3, 0.4) is 0 Å². The standard InChI is InChI=1S/C16H22N2OS/c1-13-17-15(10-20-13)9-18(3)11-16(2,12-19)14-7-5-4-6-8-14/h4-8,10,19H,9,11-12H2,1-3H3. The molecule has 0 aliphatic carbocycles. The molecule has 1 N–H and O–H groups in total. The smallest absolute Gasteiger partial charge is 0.0897 e. The number of rotatable bonds is 6. The maximum atomic E-state index is 9.82. The molecule has 1 aromatic carbocycles. The van der Waals surface area contributed by atoms with E-state index in [9.17, 15) is 5.11 Å². The summed E-state index contributed by atoms with van der Waals surface area (Å²) in [5, 5.41) is 13.0. The average molecular weight is 290 g/mol. The van der Waals surface area contributed by atoms with Crippen LogP contribution in [0.2, 0.25) is 0 Å². The van der Waals surface area contributed by atoms with Gasteiger partial charge in [0, 0.05) is 23.9 Å². The molecule has 2 aromatic rings. The summed E-state index contributed by atoms with van der Waals surface area (Å²) < 4.78 is 0. The summed E-state index contributed by atoms with van der Waals surface area (Å²) in [6, 6.07) is 10.2. The van der Waals surface area contributed by atoms with Crippen molar-refractivity contribution in [3.8, 4) is 0 Å². The van der Waals surface area contributed by atoms with Crippen molar-refractivity contribution in [2.45, 2.75) is 25.8 Å². The lowest BCUT2D eigenvalue weighted by atomic mass is 9.83. The largest absolute Gasteiger partial charge is 0.395 e. The molecule has 0 aliphatic heterocycles. The predicted octanol–water partition coefficient (Wildman–Crippen LogP) is 2.83. The molecule has 0 radical (unpaired) electrons. The normalized spacial score (nSPS) is 14.4. The van der Waals surface area contributed by atoms with Crippen LogP contribution in [0.15, 0.2) is 35.7 Å². The van der Waals surface area contributed by atoms with Crippen molar-refractivity contribution in [1.82, 2.24) is 9.88 Å². The molecule has 0 saturated carbocycles. The van der Waals surface area contributed by atoms with Crippen LogP contribution in [0.4, 0.5) is 0 Å². The van der Waals surface area contributed by atoms with Crippen LogP contribution in [0.25, 0.3) is 0 Å². The van der Waals surface area contributed by atoms with E-state index in [0.717, 1.165) is 23.8 Å². The van der Waals surface area contributed by atoms with Crippen molar-refractivity contribution in [2.75, 3.05) is 20.2 Å². The fourth-order valence-electron chi connectivity index (χ4n) is 2.48. The maximum absolute atomic E-state index is 9.82. The summed E-state index contributed by atoms with van der Waals surface area (Å²) in [6.07, 6.45) is 0. The number of benzene rings is 1. The van der Waals surface area contributed by atoms with Crippen LogP contribution in [0.5, 0.6) is 0 Å². The van der Waals surface area contributed by atoms with Crippen molar-refractivity contribution in [2.24, 2.45) is 0 Å². The van der Waals surface area contributed by atoms with Crippen LogP contribution < -0.4 is 0 Å². The Morgan fingerprint density at radius 1 is 1.30 bits per heavy atom. The third kappa shape index (κ3) is 3.66. The fraction of sp³-hybridized carbons (Fsp3) is 0.438. The monoisotopic (exact) mass is 290 g/mol. The number of nitrogens with zero attached hydrogens (tertiary/aromatic N) is 2. The van der Waals surface area contributed by atoms with Gasteiger partial charge in [-0.15, -0.1) is 11.3 Å². The molecule has 20 heavy (non-hydrogen) atoms. The lowest BCUT2D eigenvalue weighted by Crippen LogP contribution is -2.39. The quantitative estimate of drug-likeness (QED) is 0.889. The first-order valence-electron chi connectivity index (χ1n) is 6.79. The third-order valence-corrected chi connectivity index (χ3v) is 4.36. The Labute approximate surface area is 124 Å². The molecule has 0 fully saturated rings. The van der Waals surface area contributed by atoms with E-state index in [2.05, 4.69) is 41.4 Å². The summed E-state index contributed by atoms with van der Waals surface area (Å²) in [7, 11) is 2.07. The van der Waals surface area contributed by atoms with Gasteiger partial charge < -0.3 is 5.11 Å². The molecule has 4 heteroatoms. The minimum absolute atomic E-state index is 0.136. The van der Waals surface area contributed by atoms with E-state index < -0.39 is 0 Å². The highest BCUT2D eigenvalue weighted by molar-refractivity contribution is 7.09. The van der Waals surface area contributed by atoms with E-state index in [0.29, 0.717) is 0 Å². The van der Waals surface area contributed by atoms with Gasteiger partial charge in [0.25, 0.3) is 0 Å². The second-order valence-corrected chi connectivity index (χ2v) is 6.68. The fourth-order valence-corrected chi connectivity index (χ4v) is 3.09. The Balaban J connectivity index is 2.06. The van der Waals surface area contributed by atoms with Crippen LogP contribution in [-0.2, 0) is 12.0 Å². The van der Waals surface area contributed by atoms with Gasteiger partial charge in [-0.3, -0.25) is 4.90 Å². The lowest BCUT2D eigenvalue weighted by molar-refractivity contribution is 0.155. The van der Waals surface area contributed by atoms with E-state index in [4.69, 9.17) is 0 Å². The Morgan fingerprint density at radius 3 is 2.55 bits per heavy atom. The van der Waals surface area contributed by atoms with Gasteiger partial charge in [0.15, 0.2) is 0 Å². The molecule has 0 aliphatic rings. The Morgan fingerprint density at radius 2 is 2.00 bits per heavy atom. The summed E-state index contributed by atoms with van der Waals surface area (Å²) in [5.41, 5.74) is 2.02. The highest BCUT2D eigenvalue weighted by Gasteiger charge is 2.27. The van der Waals surface area contributed by atoms with Gasteiger partial charge in [-0.2, -0.15) is 0 Å². The van der Waals surface area contributed by atoms with Crippen molar-refractivity contribution < 1.29 is 5.11 Å². The van der Waals surface area contributed by atoms with E-state index in [-0.39, 0.29) is 12.0 Å². The van der Waals surface area contributed by atoms with Gasteiger partial charge >= 0.3 is 0 Å². The van der Waals surface area contributed by atoms with Crippen molar-refractivity contribution in [3.63, 3.8) is 0 Å². The van der Waals surface area contributed by atoms with Gasteiger partial charge in [-0.1, -0.05) is 37.3 Å². The molecular weight excluding hydrogens is 268 g/mol. The SMILES string of the molecule is Cc1nc(CN(C)CC(C)(CO)c2ccccc2)cs1. The Kier molecular flexibility index (Phi) is 4.91. The first-order chi connectivity index (χ1) is 9.53. The Bertz CT molecular complexity index is 540. The van der Waals surface area contributed by atoms with E-state index in [1.54, 1.807) is 11.3 Å². The molecule has 3 nitrogen and oxygen atoms in total. The summed E-state index contributed by atoms with van der Waals surface area (Å²) in [4.78, 5) is 6.71. The number of likely N-dealkylation sites (N-methyl/N-ethyl adjacent to an activating group) is 1. The van der Waals surface area contributed by atoms with Crippen LogP contribution >= 0.6 is 11.3 Å². The van der Waals surface area contributed by atoms with Gasteiger partial charge in [0.2, 0.25) is 0 Å². The highest BCUT2D eigenvalue weighted by atomic mass is 32.1. The minimum Gasteiger partial charge on any atom is -0.395 e. The molecule has 2 rings (SSSR count). The number of aromatic nitrogens is 1. The van der Waals surface area contributed by atoms with Crippen molar-refractivity contribution >= 4 is 11.3 Å². The highest BCUT2D eigenvalue weighted by Crippen LogP contribution is 2.24. The van der Waals surface area contributed by atoms with Crippen molar-refractivity contribution in [3.05, 3.63) is 52.0 Å². The Hall–Kier alpha value is -1.23. The number of hydrogen-bond donors (Lipinski definition) is 1. The van der Waals surface area contributed by atoms with Crippen LogP contribution in [0.1, 0.15) is 23.2 Å². The second-order valence-electron chi connectivity index (χ2n) is 5.61. The maximum Gasteiger partial charge on any atom is 0.0897 e. The van der Waals surface area contributed by atoms with Gasteiger partial charge in [-0.25, -0.2) is 4.98 Å². The van der Waals surface area contributed by atoms with E-state index in [1.807, 2.05) is 25.1 Å². The zero-order chi connectivity index (χ0) is 14.6. The zero-order valence-electron chi connectivity index (χ0n) is 12.3. The predicted molar refractivity (Wildman–Crippen MR) is 84.1 cm³/mol. The molecule has 0 bridgehead atoms. The molecule has 0 spiro atoms. The van der Waals surface area contributed by atoms with Gasteiger partial charge in [0.05, 0.1) is 17.3 Å². The number of aryl methyl sites for hydroxylation is 1. The number of aliphatic hydroxyl groups excluding tert-OH is 1. The summed E-state index contributed by atoms with van der Waals surface area (Å²) in [5.74, 6) is 0.